The highest BCUT2D eigenvalue weighted by atomic mass is 28.3. The molecule has 0 aliphatic rings. The van der Waals surface area contributed by atoms with Crippen molar-refractivity contribution in [3.8, 4) is 5.75 Å². The molecule has 1 aromatic rings. The molecule has 1 N–H and O–H groups in total. The molecule has 0 saturated carbocycles. The van der Waals surface area contributed by atoms with E-state index in [1.165, 1.54) is 5.19 Å². The van der Waals surface area contributed by atoms with Gasteiger partial charge in [0.2, 0.25) is 0 Å². The van der Waals surface area contributed by atoms with Gasteiger partial charge in [-0.15, -0.1) is 0 Å². The summed E-state index contributed by atoms with van der Waals surface area (Å²) in [7, 11) is 0.332. The summed E-state index contributed by atoms with van der Waals surface area (Å²) in [6.07, 6.45) is 0.908. The van der Waals surface area contributed by atoms with Gasteiger partial charge < -0.3 is 9.84 Å². The summed E-state index contributed by atoms with van der Waals surface area (Å²) in [4.78, 5) is 0. The van der Waals surface area contributed by atoms with E-state index in [2.05, 4.69) is 25.2 Å². The summed E-state index contributed by atoms with van der Waals surface area (Å²) in [6, 6.07) is 9.48. The zero-order valence-electron chi connectivity index (χ0n) is 9.79. The van der Waals surface area contributed by atoms with E-state index in [4.69, 9.17) is 9.84 Å². The van der Waals surface area contributed by atoms with Crippen molar-refractivity contribution in [2.75, 3.05) is 13.7 Å². The van der Waals surface area contributed by atoms with Crippen molar-refractivity contribution in [2.24, 2.45) is 0 Å². The maximum absolute atomic E-state index is 8.86. The molecule has 0 saturated heterocycles. The number of aliphatic hydroxyl groups is 1. The molecular weight excluding hydrogens is 204 g/mol. The molecule has 0 atom stereocenters. The van der Waals surface area contributed by atoms with E-state index < -0.39 is 8.07 Å². The molecule has 0 amide bonds. The van der Waals surface area contributed by atoms with Gasteiger partial charge in [-0.1, -0.05) is 36.5 Å². The van der Waals surface area contributed by atoms with Gasteiger partial charge in [0.25, 0.3) is 0 Å². The third kappa shape index (κ3) is 3.36. The van der Waals surface area contributed by atoms with Gasteiger partial charge in [-0.25, -0.2) is 0 Å². The normalized spacial score (nSPS) is 11.5. The van der Waals surface area contributed by atoms with Crippen molar-refractivity contribution in [1.82, 2.24) is 0 Å². The van der Waals surface area contributed by atoms with Crippen LogP contribution in [-0.4, -0.2) is 26.9 Å². The Morgan fingerprint density at radius 1 is 1.20 bits per heavy atom. The molecule has 0 bridgehead atoms. The monoisotopic (exact) mass is 224 g/mol. The average Bonchev–Trinajstić information content (AvgIpc) is 2.26. The van der Waals surface area contributed by atoms with Crippen LogP contribution in [0.1, 0.15) is 6.42 Å². The predicted molar refractivity (Wildman–Crippen MR) is 66.6 cm³/mol. The SMILES string of the molecule is COc1ccc([Si](C)(C)CCCO)cc1. The molecule has 1 rings (SSSR count). The van der Waals surface area contributed by atoms with Gasteiger partial charge >= 0.3 is 0 Å². The Kier molecular flexibility index (Phi) is 4.36. The van der Waals surface area contributed by atoms with Crippen molar-refractivity contribution in [2.45, 2.75) is 25.6 Å². The summed E-state index contributed by atoms with van der Waals surface area (Å²) in [5.74, 6) is 0.908. The molecule has 0 aliphatic carbocycles. The maximum Gasteiger partial charge on any atom is 0.118 e. The van der Waals surface area contributed by atoms with Gasteiger partial charge in [-0.3, -0.25) is 0 Å². The van der Waals surface area contributed by atoms with Crippen LogP contribution < -0.4 is 9.92 Å². The number of benzene rings is 1. The molecule has 0 unspecified atom stereocenters. The van der Waals surface area contributed by atoms with E-state index >= 15 is 0 Å². The van der Waals surface area contributed by atoms with Crippen LogP contribution in [0, 0.1) is 0 Å². The Hall–Kier alpha value is -0.803. The molecule has 0 spiro atoms. The third-order valence-corrected chi connectivity index (χ3v) is 6.33. The van der Waals surface area contributed by atoms with E-state index in [9.17, 15) is 0 Å². The second kappa shape index (κ2) is 5.33. The molecule has 3 heteroatoms. The fraction of sp³-hybridized carbons (Fsp3) is 0.500. The lowest BCUT2D eigenvalue weighted by Gasteiger charge is -2.22. The smallest absolute Gasteiger partial charge is 0.118 e. The highest BCUT2D eigenvalue weighted by Gasteiger charge is 2.22. The zero-order valence-corrected chi connectivity index (χ0v) is 10.8. The fourth-order valence-electron chi connectivity index (χ4n) is 1.71. The predicted octanol–water partition coefficient (Wildman–Crippen LogP) is 1.99. The number of hydrogen-bond acceptors (Lipinski definition) is 2. The first kappa shape index (κ1) is 12.3. The van der Waals surface area contributed by atoms with Crippen molar-refractivity contribution >= 4 is 13.3 Å². The summed E-state index contributed by atoms with van der Waals surface area (Å²) in [5.41, 5.74) is 0. The summed E-state index contributed by atoms with van der Waals surface area (Å²) >= 11 is 0. The van der Waals surface area contributed by atoms with Crippen molar-refractivity contribution < 1.29 is 9.84 Å². The molecule has 0 aromatic heterocycles. The first-order chi connectivity index (χ1) is 7.10. The van der Waals surface area contributed by atoms with Gasteiger partial charge in [0.15, 0.2) is 0 Å². The number of methoxy groups -OCH3 is 1. The van der Waals surface area contributed by atoms with Crippen molar-refractivity contribution in [1.29, 1.82) is 0 Å². The van der Waals surface area contributed by atoms with Crippen molar-refractivity contribution in [3.05, 3.63) is 24.3 Å². The first-order valence-electron chi connectivity index (χ1n) is 5.35. The second-order valence-electron chi connectivity index (χ2n) is 4.44. The summed E-state index contributed by atoms with van der Waals surface area (Å²) < 4.78 is 5.14. The Morgan fingerprint density at radius 2 is 1.80 bits per heavy atom. The van der Waals surface area contributed by atoms with Crippen LogP contribution in [-0.2, 0) is 0 Å². The molecule has 84 valence electrons. The number of rotatable bonds is 5. The molecule has 0 aliphatic heterocycles. The molecular formula is C12H20O2Si. The Morgan fingerprint density at radius 3 is 2.27 bits per heavy atom. The Balaban J connectivity index is 2.75. The van der Waals surface area contributed by atoms with Crippen LogP contribution in [0.4, 0.5) is 0 Å². The van der Waals surface area contributed by atoms with Crippen LogP contribution >= 0.6 is 0 Å². The number of hydrogen-bond donors (Lipinski definition) is 1. The highest BCUT2D eigenvalue weighted by molar-refractivity contribution is 6.89. The molecule has 0 fully saturated rings. The van der Waals surface area contributed by atoms with Crippen LogP contribution in [0.2, 0.25) is 19.1 Å². The maximum atomic E-state index is 8.86. The lowest BCUT2D eigenvalue weighted by atomic mass is 10.3. The van der Waals surface area contributed by atoms with Gasteiger partial charge in [0.1, 0.15) is 5.75 Å². The van der Waals surface area contributed by atoms with E-state index in [1.54, 1.807) is 7.11 Å². The second-order valence-corrected chi connectivity index (χ2v) is 9.28. The van der Waals surface area contributed by atoms with Gasteiger partial charge in [0.05, 0.1) is 15.2 Å². The van der Waals surface area contributed by atoms with E-state index in [0.29, 0.717) is 6.61 Å². The Labute approximate surface area is 92.9 Å². The van der Waals surface area contributed by atoms with Gasteiger partial charge in [-0.2, -0.15) is 0 Å². The minimum absolute atomic E-state index is 0.298. The lowest BCUT2D eigenvalue weighted by molar-refractivity contribution is 0.294. The van der Waals surface area contributed by atoms with Gasteiger partial charge in [-0.05, 0) is 18.6 Å². The average molecular weight is 224 g/mol. The van der Waals surface area contributed by atoms with Crippen LogP contribution in [0.5, 0.6) is 5.75 Å². The van der Waals surface area contributed by atoms with E-state index in [1.807, 2.05) is 12.1 Å². The van der Waals surface area contributed by atoms with Gasteiger partial charge in [0, 0.05) is 6.61 Å². The topological polar surface area (TPSA) is 29.5 Å². The molecule has 2 nitrogen and oxygen atoms in total. The number of ether oxygens (including phenoxy) is 1. The fourth-order valence-corrected chi connectivity index (χ4v) is 4.11. The van der Waals surface area contributed by atoms with Crippen LogP contribution in [0.3, 0.4) is 0 Å². The number of aliphatic hydroxyl groups excluding tert-OH is 1. The third-order valence-electron chi connectivity index (χ3n) is 2.83. The standard InChI is InChI=1S/C12H20O2Si/c1-14-11-5-7-12(8-6-11)15(2,3)10-4-9-13/h5-8,13H,4,9-10H2,1-3H3. The summed E-state index contributed by atoms with van der Waals surface area (Å²) in [5, 5.41) is 10.3. The molecule has 1 aromatic carbocycles. The van der Waals surface area contributed by atoms with Crippen LogP contribution in [0.25, 0.3) is 0 Å². The van der Waals surface area contributed by atoms with Crippen LogP contribution in [0.15, 0.2) is 24.3 Å². The molecule has 0 heterocycles. The first-order valence-corrected chi connectivity index (χ1v) is 8.56. The molecule has 15 heavy (non-hydrogen) atoms. The zero-order chi connectivity index (χ0) is 11.3. The minimum Gasteiger partial charge on any atom is -0.497 e. The largest absolute Gasteiger partial charge is 0.497 e. The van der Waals surface area contributed by atoms with E-state index in [0.717, 1.165) is 18.2 Å². The van der Waals surface area contributed by atoms with Crippen molar-refractivity contribution in [3.63, 3.8) is 0 Å². The van der Waals surface area contributed by atoms with E-state index in [-0.39, 0.29) is 0 Å². The Bertz CT molecular complexity index is 293. The molecule has 0 radical (unpaired) electrons. The quantitative estimate of drug-likeness (QED) is 0.775. The lowest BCUT2D eigenvalue weighted by Crippen LogP contribution is -2.41. The summed E-state index contributed by atoms with van der Waals surface area (Å²) in [6.45, 7) is 4.97. The minimum atomic E-state index is -1.35. The highest BCUT2D eigenvalue weighted by Crippen LogP contribution is 2.14.